The smallest absolute Gasteiger partial charge is 0.417 e. The molecule has 0 amide bonds. The third kappa shape index (κ3) is 7.06. The SMILES string of the molecule is CCCCCC(C)c1ccc(OCCOC)cc1Oc1ncc(C(F)(F)F)cc1Cl. The van der Waals surface area contributed by atoms with Gasteiger partial charge in [0.25, 0.3) is 0 Å². The number of hydrogen-bond donors (Lipinski definition) is 0. The highest BCUT2D eigenvalue weighted by Crippen LogP contribution is 2.39. The standard InChI is InChI=1S/C22H27ClF3NO3/c1-4-5-6-7-15(2)18-9-8-17(29-11-10-28-3)13-20(18)30-21-19(23)12-16(14-27-21)22(24,25)26/h8-9,12-15H,4-7,10-11H2,1-3H3. The van der Waals surface area contributed by atoms with Crippen molar-refractivity contribution in [3.63, 3.8) is 0 Å². The van der Waals surface area contributed by atoms with Gasteiger partial charge in [-0.05, 0) is 30.0 Å². The number of halogens is 4. The minimum absolute atomic E-state index is 0.0827. The Morgan fingerprint density at radius 2 is 1.90 bits per heavy atom. The Hall–Kier alpha value is -1.99. The van der Waals surface area contributed by atoms with Crippen molar-refractivity contribution in [3.8, 4) is 17.4 Å². The predicted octanol–water partition coefficient (Wildman–Crippen LogP) is 7.26. The van der Waals surface area contributed by atoms with Crippen LogP contribution in [0, 0.1) is 0 Å². The van der Waals surface area contributed by atoms with Crippen LogP contribution in [0.3, 0.4) is 0 Å². The first-order valence-corrected chi connectivity index (χ1v) is 10.3. The molecule has 0 saturated carbocycles. The molecule has 30 heavy (non-hydrogen) atoms. The summed E-state index contributed by atoms with van der Waals surface area (Å²) in [7, 11) is 1.58. The first-order chi connectivity index (χ1) is 14.3. The lowest BCUT2D eigenvalue weighted by molar-refractivity contribution is -0.137. The summed E-state index contributed by atoms with van der Waals surface area (Å²) in [6.07, 6.45) is 0.469. The van der Waals surface area contributed by atoms with E-state index in [2.05, 4.69) is 18.8 Å². The van der Waals surface area contributed by atoms with Gasteiger partial charge in [-0.2, -0.15) is 13.2 Å². The second kappa shape index (κ2) is 11.4. The number of rotatable bonds is 11. The Kier molecular flexibility index (Phi) is 9.24. The molecule has 8 heteroatoms. The highest BCUT2D eigenvalue weighted by molar-refractivity contribution is 6.31. The summed E-state index contributed by atoms with van der Waals surface area (Å²) in [6.45, 7) is 5.02. The van der Waals surface area contributed by atoms with Gasteiger partial charge in [-0.25, -0.2) is 4.98 Å². The molecule has 2 aromatic rings. The summed E-state index contributed by atoms with van der Waals surface area (Å²) in [5.74, 6) is 1.13. The van der Waals surface area contributed by atoms with E-state index < -0.39 is 11.7 Å². The maximum Gasteiger partial charge on any atom is 0.417 e. The molecule has 0 radical (unpaired) electrons. The largest absolute Gasteiger partial charge is 0.491 e. The van der Waals surface area contributed by atoms with Crippen molar-refractivity contribution < 1.29 is 27.4 Å². The molecule has 2 rings (SSSR count). The number of nitrogens with zero attached hydrogens (tertiary/aromatic N) is 1. The Morgan fingerprint density at radius 3 is 2.53 bits per heavy atom. The van der Waals surface area contributed by atoms with E-state index >= 15 is 0 Å². The van der Waals surface area contributed by atoms with Crippen LogP contribution in [0.5, 0.6) is 17.4 Å². The molecule has 1 heterocycles. The molecule has 0 fully saturated rings. The summed E-state index contributed by atoms with van der Waals surface area (Å²) in [4.78, 5) is 3.79. The van der Waals surface area contributed by atoms with Gasteiger partial charge in [0.05, 0.1) is 12.2 Å². The highest BCUT2D eigenvalue weighted by atomic mass is 35.5. The molecule has 0 aliphatic rings. The Bertz CT molecular complexity index is 815. The van der Waals surface area contributed by atoms with Gasteiger partial charge in [0.1, 0.15) is 23.1 Å². The van der Waals surface area contributed by atoms with Crippen LogP contribution in [-0.2, 0) is 10.9 Å². The molecule has 0 bridgehead atoms. The van der Waals surface area contributed by atoms with Crippen LogP contribution in [0.2, 0.25) is 5.02 Å². The van der Waals surface area contributed by atoms with Crippen molar-refractivity contribution in [1.29, 1.82) is 0 Å². The van der Waals surface area contributed by atoms with Crippen LogP contribution in [0.25, 0.3) is 0 Å². The predicted molar refractivity (Wildman–Crippen MR) is 111 cm³/mol. The van der Waals surface area contributed by atoms with Gasteiger partial charge in [0.15, 0.2) is 0 Å². The van der Waals surface area contributed by atoms with Crippen LogP contribution in [0.4, 0.5) is 13.2 Å². The topological polar surface area (TPSA) is 40.6 Å². The van der Waals surface area contributed by atoms with Gasteiger partial charge < -0.3 is 14.2 Å². The van der Waals surface area contributed by atoms with E-state index in [0.29, 0.717) is 30.9 Å². The van der Waals surface area contributed by atoms with Crippen LogP contribution in [0.15, 0.2) is 30.5 Å². The minimum atomic E-state index is -4.52. The number of benzene rings is 1. The quantitative estimate of drug-likeness (QED) is 0.341. The van der Waals surface area contributed by atoms with Crippen molar-refractivity contribution in [2.75, 3.05) is 20.3 Å². The second-order valence-electron chi connectivity index (χ2n) is 7.05. The normalized spacial score (nSPS) is 12.6. The monoisotopic (exact) mass is 445 g/mol. The van der Waals surface area contributed by atoms with E-state index in [0.717, 1.165) is 37.3 Å². The summed E-state index contributed by atoms with van der Waals surface area (Å²) in [6, 6.07) is 6.27. The van der Waals surface area contributed by atoms with Crippen LogP contribution in [-0.4, -0.2) is 25.3 Å². The maximum atomic E-state index is 12.9. The average molecular weight is 446 g/mol. The van der Waals surface area contributed by atoms with E-state index in [1.807, 2.05) is 12.1 Å². The fraction of sp³-hybridized carbons (Fsp3) is 0.500. The average Bonchev–Trinajstić information content (AvgIpc) is 2.69. The molecule has 1 unspecified atom stereocenters. The first kappa shape index (κ1) is 24.3. The van der Waals surface area contributed by atoms with Crippen LogP contribution in [0.1, 0.15) is 56.6 Å². The van der Waals surface area contributed by atoms with E-state index in [1.54, 1.807) is 13.2 Å². The zero-order chi connectivity index (χ0) is 22.1. The lowest BCUT2D eigenvalue weighted by Gasteiger charge is -2.18. The Balaban J connectivity index is 2.30. The third-order valence-electron chi connectivity index (χ3n) is 4.65. The van der Waals surface area contributed by atoms with Crippen LogP contribution < -0.4 is 9.47 Å². The number of unbranched alkanes of at least 4 members (excludes halogenated alkanes) is 2. The van der Waals surface area contributed by atoms with E-state index in [-0.39, 0.29) is 16.8 Å². The molecule has 0 N–H and O–H groups in total. The van der Waals surface area contributed by atoms with E-state index in [1.165, 1.54) is 0 Å². The number of pyridine rings is 1. The Labute approximate surface area is 180 Å². The molecular weight excluding hydrogens is 419 g/mol. The third-order valence-corrected chi connectivity index (χ3v) is 4.92. The molecule has 0 spiro atoms. The van der Waals surface area contributed by atoms with Gasteiger partial charge in [0, 0.05) is 19.4 Å². The molecule has 0 aliphatic heterocycles. The van der Waals surface area contributed by atoms with Gasteiger partial charge in [-0.1, -0.05) is 50.8 Å². The molecule has 4 nitrogen and oxygen atoms in total. The number of aromatic nitrogens is 1. The zero-order valence-electron chi connectivity index (χ0n) is 17.4. The lowest BCUT2D eigenvalue weighted by atomic mass is 9.94. The van der Waals surface area contributed by atoms with Gasteiger partial charge in [0.2, 0.25) is 5.88 Å². The first-order valence-electron chi connectivity index (χ1n) is 9.92. The Morgan fingerprint density at radius 1 is 1.13 bits per heavy atom. The molecule has 166 valence electrons. The number of ether oxygens (including phenoxy) is 3. The molecule has 1 atom stereocenters. The summed E-state index contributed by atoms with van der Waals surface area (Å²) in [5, 5.41) is -0.208. The highest BCUT2D eigenvalue weighted by Gasteiger charge is 2.32. The van der Waals surface area contributed by atoms with Crippen molar-refractivity contribution in [3.05, 3.63) is 46.6 Å². The van der Waals surface area contributed by atoms with Gasteiger partial charge in [-0.3, -0.25) is 0 Å². The molecule has 0 aliphatic carbocycles. The number of alkyl halides is 3. The second-order valence-corrected chi connectivity index (χ2v) is 7.46. The van der Waals surface area contributed by atoms with Crippen molar-refractivity contribution >= 4 is 11.6 Å². The van der Waals surface area contributed by atoms with Gasteiger partial charge >= 0.3 is 6.18 Å². The fourth-order valence-corrected chi connectivity index (χ4v) is 3.16. The van der Waals surface area contributed by atoms with E-state index in [4.69, 9.17) is 25.8 Å². The maximum absolute atomic E-state index is 12.9. The van der Waals surface area contributed by atoms with Crippen molar-refractivity contribution in [2.24, 2.45) is 0 Å². The lowest BCUT2D eigenvalue weighted by Crippen LogP contribution is -2.07. The summed E-state index contributed by atoms with van der Waals surface area (Å²) < 4.78 is 55.1. The molecular formula is C22H27ClF3NO3. The molecule has 0 saturated heterocycles. The summed E-state index contributed by atoms with van der Waals surface area (Å²) >= 11 is 6.03. The van der Waals surface area contributed by atoms with E-state index in [9.17, 15) is 13.2 Å². The summed E-state index contributed by atoms with van der Waals surface area (Å²) in [5.41, 5.74) is -0.00684. The minimum Gasteiger partial charge on any atom is -0.491 e. The zero-order valence-corrected chi connectivity index (χ0v) is 18.1. The molecule has 1 aromatic carbocycles. The van der Waals surface area contributed by atoms with Crippen molar-refractivity contribution in [2.45, 2.75) is 51.6 Å². The van der Waals surface area contributed by atoms with Crippen molar-refractivity contribution in [1.82, 2.24) is 4.98 Å². The fourth-order valence-electron chi connectivity index (χ4n) is 2.96. The molecule has 1 aromatic heterocycles. The number of hydrogen-bond acceptors (Lipinski definition) is 4. The van der Waals surface area contributed by atoms with Gasteiger partial charge in [-0.15, -0.1) is 0 Å². The van der Waals surface area contributed by atoms with Crippen LogP contribution >= 0.6 is 11.6 Å². The number of methoxy groups -OCH3 is 1.